The van der Waals surface area contributed by atoms with Gasteiger partial charge in [0, 0.05) is 4.47 Å². The van der Waals surface area contributed by atoms with Crippen LogP contribution in [0.25, 0.3) is 0 Å². The number of hydrogen-bond donors (Lipinski definition) is 1. The molecule has 1 rings (SSSR count). The van der Waals surface area contributed by atoms with Gasteiger partial charge in [0.15, 0.2) is 0 Å². The van der Waals surface area contributed by atoms with Crippen LogP contribution >= 0.6 is 15.9 Å². The molecule has 0 radical (unpaired) electrons. The van der Waals surface area contributed by atoms with E-state index in [0.29, 0.717) is 11.3 Å². The van der Waals surface area contributed by atoms with Crippen molar-refractivity contribution >= 4 is 15.9 Å². The monoisotopic (exact) mass is 283 g/mol. The molecular weight excluding hydrogens is 262 g/mol. The molecule has 16 heavy (non-hydrogen) atoms. The third-order valence-electron chi connectivity index (χ3n) is 3.00. The van der Waals surface area contributed by atoms with Crippen LogP contribution in [0.5, 0.6) is 0 Å². The predicted octanol–water partition coefficient (Wildman–Crippen LogP) is 4.19. The summed E-state index contributed by atoms with van der Waals surface area (Å²) in [7, 11) is 2.02. The highest BCUT2D eigenvalue weighted by Gasteiger charge is 2.25. The third kappa shape index (κ3) is 3.91. The van der Waals surface area contributed by atoms with Crippen LogP contribution in [0.3, 0.4) is 0 Å². The zero-order valence-corrected chi connectivity index (χ0v) is 12.3. The van der Waals surface area contributed by atoms with Gasteiger partial charge in [0.1, 0.15) is 0 Å². The van der Waals surface area contributed by atoms with Crippen molar-refractivity contribution in [3.8, 4) is 0 Å². The Morgan fingerprint density at radius 2 is 1.75 bits per heavy atom. The Morgan fingerprint density at radius 3 is 2.19 bits per heavy atom. The maximum atomic E-state index is 3.49. The summed E-state index contributed by atoms with van der Waals surface area (Å²) in [5.74, 6) is 0.605. The Bertz CT molecular complexity index is 311. The highest BCUT2D eigenvalue weighted by molar-refractivity contribution is 9.10. The molecule has 90 valence electrons. The smallest absolute Gasteiger partial charge is 0.0175 e. The molecule has 0 fully saturated rings. The Labute approximate surface area is 108 Å². The normalized spacial score (nSPS) is 13.8. The molecule has 2 heteroatoms. The van der Waals surface area contributed by atoms with E-state index in [1.807, 2.05) is 7.05 Å². The molecule has 0 bridgehead atoms. The van der Waals surface area contributed by atoms with E-state index in [1.165, 1.54) is 12.0 Å². The summed E-state index contributed by atoms with van der Waals surface area (Å²) in [4.78, 5) is 0. The van der Waals surface area contributed by atoms with Crippen LogP contribution in [0.4, 0.5) is 0 Å². The molecule has 0 saturated heterocycles. The first kappa shape index (κ1) is 13.7. The van der Waals surface area contributed by atoms with Crippen molar-refractivity contribution in [2.24, 2.45) is 5.41 Å². The van der Waals surface area contributed by atoms with Gasteiger partial charge < -0.3 is 5.32 Å². The number of benzene rings is 1. The Balaban J connectivity index is 2.88. The van der Waals surface area contributed by atoms with E-state index < -0.39 is 0 Å². The first-order valence-electron chi connectivity index (χ1n) is 5.85. The maximum Gasteiger partial charge on any atom is 0.0175 e. The van der Waals surface area contributed by atoms with Crippen LogP contribution in [-0.2, 0) is 0 Å². The molecule has 0 amide bonds. The molecule has 1 aromatic carbocycles. The van der Waals surface area contributed by atoms with Crippen LogP contribution in [0.15, 0.2) is 28.7 Å². The molecule has 0 saturated carbocycles. The fourth-order valence-corrected chi connectivity index (χ4v) is 2.35. The summed E-state index contributed by atoms with van der Waals surface area (Å²) < 4.78 is 1.15. The molecule has 0 aromatic heterocycles. The van der Waals surface area contributed by atoms with Crippen molar-refractivity contribution in [3.05, 3.63) is 34.3 Å². The first-order valence-corrected chi connectivity index (χ1v) is 6.64. The summed E-state index contributed by atoms with van der Waals surface area (Å²) in [5, 5.41) is 3.24. The van der Waals surface area contributed by atoms with Crippen LogP contribution in [0.2, 0.25) is 0 Å². The second kappa shape index (κ2) is 5.83. The van der Waals surface area contributed by atoms with Crippen molar-refractivity contribution in [3.63, 3.8) is 0 Å². The van der Waals surface area contributed by atoms with Gasteiger partial charge in [-0.15, -0.1) is 0 Å². The zero-order valence-electron chi connectivity index (χ0n) is 10.7. The molecule has 0 aliphatic heterocycles. The molecule has 1 N–H and O–H groups in total. The summed E-state index contributed by atoms with van der Waals surface area (Å²) in [6.45, 7) is 8.01. The average Bonchev–Trinajstić information content (AvgIpc) is 2.19. The molecule has 0 heterocycles. The third-order valence-corrected chi connectivity index (χ3v) is 3.53. The minimum atomic E-state index is 0.310. The summed E-state index contributed by atoms with van der Waals surface area (Å²) in [6, 6.07) is 8.73. The van der Waals surface area contributed by atoms with Crippen LogP contribution in [0, 0.1) is 5.41 Å². The van der Waals surface area contributed by atoms with Gasteiger partial charge in [0.2, 0.25) is 0 Å². The lowest BCUT2D eigenvalue weighted by molar-refractivity contribution is 0.303. The van der Waals surface area contributed by atoms with Crippen molar-refractivity contribution in [2.45, 2.75) is 33.1 Å². The highest BCUT2D eigenvalue weighted by Crippen LogP contribution is 2.37. The SMILES string of the molecule is CNCCC(c1ccc(Br)cc1)C(C)(C)C. The van der Waals surface area contributed by atoms with E-state index in [4.69, 9.17) is 0 Å². The van der Waals surface area contributed by atoms with Crippen molar-refractivity contribution in [1.82, 2.24) is 5.32 Å². The number of rotatable bonds is 4. The summed E-state index contributed by atoms with van der Waals surface area (Å²) in [5.41, 5.74) is 1.75. The quantitative estimate of drug-likeness (QED) is 0.874. The van der Waals surface area contributed by atoms with Gasteiger partial charge in [-0.1, -0.05) is 48.8 Å². The van der Waals surface area contributed by atoms with Gasteiger partial charge in [-0.25, -0.2) is 0 Å². The second-order valence-electron chi connectivity index (χ2n) is 5.36. The van der Waals surface area contributed by atoms with E-state index in [9.17, 15) is 0 Å². The minimum Gasteiger partial charge on any atom is -0.320 e. The zero-order chi connectivity index (χ0) is 12.2. The molecule has 1 nitrogen and oxygen atoms in total. The van der Waals surface area contributed by atoms with Crippen LogP contribution in [0.1, 0.15) is 38.7 Å². The fourth-order valence-electron chi connectivity index (χ4n) is 2.08. The lowest BCUT2D eigenvalue weighted by atomic mass is 9.74. The summed E-state index contributed by atoms with van der Waals surface area (Å²) >= 11 is 3.49. The molecule has 1 aromatic rings. The van der Waals surface area contributed by atoms with Gasteiger partial charge in [0.25, 0.3) is 0 Å². The van der Waals surface area contributed by atoms with Crippen LogP contribution < -0.4 is 5.32 Å². The highest BCUT2D eigenvalue weighted by atomic mass is 79.9. The number of nitrogens with one attached hydrogen (secondary N) is 1. The lowest BCUT2D eigenvalue weighted by Crippen LogP contribution is -2.22. The molecule has 0 spiro atoms. The number of halogens is 1. The van der Waals surface area contributed by atoms with Crippen molar-refractivity contribution < 1.29 is 0 Å². The minimum absolute atomic E-state index is 0.310. The lowest BCUT2D eigenvalue weighted by Gasteiger charge is -2.31. The first-order chi connectivity index (χ1) is 7.45. The van der Waals surface area contributed by atoms with Gasteiger partial charge in [-0.2, -0.15) is 0 Å². The van der Waals surface area contributed by atoms with Gasteiger partial charge in [-0.3, -0.25) is 0 Å². The fraction of sp³-hybridized carbons (Fsp3) is 0.571. The topological polar surface area (TPSA) is 12.0 Å². The second-order valence-corrected chi connectivity index (χ2v) is 6.28. The van der Waals surface area contributed by atoms with Crippen molar-refractivity contribution in [1.29, 1.82) is 0 Å². The van der Waals surface area contributed by atoms with E-state index in [1.54, 1.807) is 0 Å². The number of hydrogen-bond acceptors (Lipinski definition) is 1. The largest absolute Gasteiger partial charge is 0.320 e. The standard InChI is InChI=1S/C14H22BrN/c1-14(2,3)13(9-10-16-4)11-5-7-12(15)8-6-11/h5-8,13,16H,9-10H2,1-4H3. The average molecular weight is 284 g/mol. The predicted molar refractivity (Wildman–Crippen MR) is 74.9 cm³/mol. The van der Waals surface area contributed by atoms with Crippen molar-refractivity contribution in [2.75, 3.05) is 13.6 Å². The Morgan fingerprint density at radius 1 is 1.19 bits per heavy atom. The van der Waals surface area contributed by atoms with E-state index in [0.717, 1.165) is 11.0 Å². The van der Waals surface area contributed by atoms with Gasteiger partial charge in [-0.05, 0) is 49.0 Å². The Kier molecular flexibility index (Phi) is 5.00. The summed E-state index contributed by atoms with van der Waals surface area (Å²) in [6.07, 6.45) is 1.18. The van der Waals surface area contributed by atoms with E-state index in [-0.39, 0.29) is 0 Å². The van der Waals surface area contributed by atoms with E-state index >= 15 is 0 Å². The molecule has 1 atom stereocenters. The molecule has 1 unspecified atom stereocenters. The van der Waals surface area contributed by atoms with E-state index in [2.05, 4.69) is 66.3 Å². The van der Waals surface area contributed by atoms with Gasteiger partial charge in [0.05, 0.1) is 0 Å². The maximum absolute atomic E-state index is 3.49. The molecule has 0 aliphatic rings. The Hall–Kier alpha value is -0.340. The molecular formula is C14H22BrN. The van der Waals surface area contributed by atoms with Gasteiger partial charge >= 0.3 is 0 Å². The molecule has 0 aliphatic carbocycles. The van der Waals surface area contributed by atoms with Crippen LogP contribution in [-0.4, -0.2) is 13.6 Å².